The fourth-order valence-corrected chi connectivity index (χ4v) is 2.24. The zero-order valence-corrected chi connectivity index (χ0v) is 11.3. The van der Waals surface area contributed by atoms with Crippen molar-refractivity contribution in [3.63, 3.8) is 0 Å². The Kier molecular flexibility index (Phi) is 3.03. The molecule has 0 amide bonds. The van der Waals surface area contributed by atoms with Crippen molar-refractivity contribution < 1.29 is 0 Å². The number of halogens is 1. The molecule has 88 valence electrons. The predicted molar refractivity (Wildman–Crippen MR) is 81.3 cm³/mol. The van der Waals surface area contributed by atoms with E-state index in [1.807, 2.05) is 12.1 Å². The molecule has 0 bridgehead atoms. The minimum atomic E-state index is 1.10. The number of rotatable bonds is 2. The predicted octanol–water partition coefficient (Wildman–Crippen LogP) is 5.03. The van der Waals surface area contributed by atoms with Gasteiger partial charge in [0.25, 0.3) is 0 Å². The molecule has 18 heavy (non-hydrogen) atoms. The SMILES string of the molecule is Brc1ccc(C=Cn2ccc3ccccc32)cc1. The maximum atomic E-state index is 3.44. The number of hydrogen-bond donors (Lipinski definition) is 0. The summed E-state index contributed by atoms with van der Waals surface area (Å²) in [5, 5.41) is 1.26. The third kappa shape index (κ3) is 2.24. The lowest BCUT2D eigenvalue weighted by molar-refractivity contribution is 1.23. The van der Waals surface area contributed by atoms with E-state index < -0.39 is 0 Å². The highest BCUT2D eigenvalue weighted by Gasteiger charge is 1.96. The summed E-state index contributed by atoms with van der Waals surface area (Å²) in [6, 6.07) is 18.8. The van der Waals surface area contributed by atoms with Gasteiger partial charge in [-0.05, 0) is 41.3 Å². The van der Waals surface area contributed by atoms with Crippen LogP contribution in [-0.2, 0) is 0 Å². The summed E-state index contributed by atoms with van der Waals surface area (Å²) in [5.74, 6) is 0. The molecular weight excluding hydrogens is 286 g/mol. The van der Waals surface area contributed by atoms with E-state index >= 15 is 0 Å². The van der Waals surface area contributed by atoms with Gasteiger partial charge in [0.1, 0.15) is 0 Å². The van der Waals surface area contributed by atoms with E-state index in [-0.39, 0.29) is 0 Å². The summed E-state index contributed by atoms with van der Waals surface area (Å²) in [5.41, 5.74) is 2.42. The molecular formula is C16H12BrN. The molecule has 0 unspecified atom stereocenters. The lowest BCUT2D eigenvalue weighted by Gasteiger charge is -1.98. The van der Waals surface area contributed by atoms with Crippen molar-refractivity contribution in [2.24, 2.45) is 0 Å². The van der Waals surface area contributed by atoms with Gasteiger partial charge in [0, 0.05) is 16.9 Å². The molecule has 0 aliphatic heterocycles. The quantitative estimate of drug-likeness (QED) is 0.625. The smallest absolute Gasteiger partial charge is 0.0522 e. The highest BCUT2D eigenvalue weighted by molar-refractivity contribution is 9.10. The molecule has 2 aromatic carbocycles. The molecule has 1 aromatic heterocycles. The van der Waals surface area contributed by atoms with Gasteiger partial charge in [-0.15, -0.1) is 0 Å². The van der Waals surface area contributed by atoms with Crippen molar-refractivity contribution in [1.29, 1.82) is 0 Å². The Morgan fingerprint density at radius 3 is 2.50 bits per heavy atom. The third-order valence-corrected chi connectivity index (χ3v) is 3.46. The Morgan fingerprint density at radius 2 is 1.67 bits per heavy atom. The topological polar surface area (TPSA) is 4.93 Å². The number of nitrogens with zero attached hydrogens (tertiary/aromatic N) is 1. The zero-order chi connectivity index (χ0) is 12.4. The highest BCUT2D eigenvalue weighted by Crippen LogP contribution is 2.17. The van der Waals surface area contributed by atoms with E-state index in [1.54, 1.807) is 0 Å². The average molecular weight is 298 g/mol. The first-order valence-corrected chi connectivity index (χ1v) is 6.61. The van der Waals surface area contributed by atoms with Gasteiger partial charge in [-0.2, -0.15) is 0 Å². The molecule has 3 aromatic rings. The van der Waals surface area contributed by atoms with Crippen LogP contribution in [0.2, 0.25) is 0 Å². The second-order valence-corrected chi connectivity index (χ2v) is 5.06. The summed E-state index contributed by atoms with van der Waals surface area (Å²) in [6.07, 6.45) is 6.28. The first-order chi connectivity index (χ1) is 8.83. The van der Waals surface area contributed by atoms with Crippen LogP contribution in [0.25, 0.3) is 23.2 Å². The van der Waals surface area contributed by atoms with Crippen molar-refractivity contribution in [2.75, 3.05) is 0 Å². The van der Waals surface area contributed by atoms with Crippen LogP contribution in [0.5, 0.6) is 0 Å². The van der Waals surface area contributed by atoms with E-state index in [2.05, 4.69) is 81.4 Å². The number of fused-ring (bicyclic) bond motifs is 1. The third-order valence-electron chi connectivity index (χ3n) is 2.93. The zero-order valence-electron chi connectivity index (χ0n) is 9.75. The Bertz CT molecular complexity index is 692. The molecule has 0 aliphatic rings. The van der Waals surface area contributed by atoms with Crippen molar-refractivity contribution in [1.82, 2.24) is 4.57 Å². The van der Waals surface area contributed by atoms with Crippen molar-refractivity contribution in [2.45, 2.75) is 0 Å². The summed E-state index contributed by atoms with van der Waals surface area (Å²) in [7, 11) is 0. The molecule has 0 radical (unpaired) electrons. The van der Waals surface area contributed by atoms with Crippen molar-refractivity contribution >= 4 is 39.1 Å². The molecule has 3 rings (SSSR count). The Labute approximate surface area is 114 Å². The van der Waals surface area contributed by atoms with Crippen LogP contribution in [0.4, 0.5) is 0 Å². The molecule has 1 heterocycles. The fourth-order valence-electron chi connectivity index (χ4n) is 1.97. The molecule has 0 aliphatic carbocycles. The Balaban J connectivity index is 1.94. The van der Waals surface area contributed by atoms with E-state index in [0.29, 0.717) is 0 Å². The molecule has 0 saturated heterocycles. The Morgan fingerprint density at radius 1 is 0.889 bits per heavy atom. The van der Waals surface area contributed by atoms with Gasteiger partial charge in [0.05, 0.1) is 5.52 Å². The van der Waals surface area contributed by atoms with Crippen LogP contribution < -0.4 is 0 Å². The van der Waals surface area contributed by atoms with Crippen LogP contribution in [-0.4, -0.2) is 4.57 Å². The minimum Gasteiger partial charge on any atom is -0.323 e. The average Bonchev–Trinajstić information content (AvgIpc) is 2.82. The first kappa shape index (κ1) is 11.3. The molecule has 0 fully saturated rings. The van der Waals surface area contributed by atoms with Crippen LogP contribution >= 0.6 is 15.9 Å². The van der Waals surface area contributed by atoms with Gasteiger partial charge in [0.2, 0.25) is 0 Å². The molecule has 1 nitrogen and oxygen atoms in total. The summed E-state index contributed by atoms with van der Waals surface area (Å²) in [4.78, 5) is 0. The first-order valence-electron chi connectivity index (χ1n) is 5.82. The standard InChI is InChI=1S/C16H12BrN/c17-15-7-5-13(6-8-15)9-11-18-12-10-14-3-1-2-4-16(14)18/h1-12H. The van der Waals surface area contributed by atoms with E-state index in [9.17, 15) is 0 Å². The normalized spacial score (nSPS) is 11.4. The van der Waals surface area contributed by atoms with E-state index in [4.69, 9.17) is 0 Å². The highest BCUT2D eigenvalue weighted by atomic mass is 79.9. The molecule has 0 spiro atoms. The molecule has 0 atom stereocenters. The van der Waals surface area contributed by atoms with Crippen LogP contribution in [0.1, 0.15) is 5.56 Å². The second kappa shape index (κ2) is 4.83. The molecule has 2 heteroatoms. The van der Waals surface area contributed by atoms with Crippen LogP contribution in [0.3, 0.4) is 0 Å². The monoisotopic (exact) mass is 297 g/mol. The largest absolute Gasteiger partial charge is 0.323 e. The van der Waals surface area contributed by atoms with Gasteiger partial charge in [-0.25, -0.2) is 0 Å². The minimum absolute atomic E-state index is 1.10. The van der Waals surface area contributed by atoms with Gasteiger partial charge in [-0.1, -0.05) is 46.3 Å². The van der Waals surface area contributed by atoms with Gasteiger partial charge in [-0.3, -0.25) is 0 Å². The summed E-state index contributed by atoms with van der Waals surface area (Å²) >= 11 is 3.44. The number of hydrogen-bond acceptors (Lipinski definition) is 0. The van der Waals surface area contributed by atoms with Gasteiger partial charge in [0.15, 0.2) is 0 Å². The van der Waals surface area contributed by atoms with Crippen LogP contribution in [0, 0.1) is 0 Å². The maximum absolute atomic E-state index is 3.44. The lowest BCUT2D eigenvalue weighted by Crippen LogP contribution is -1.82. The van der Waals surface area contributed by atoms with E-state index in [1.165, 1.54) is 16.5 Å². The number of para-hydroxylation sites is 1. The van der Waals surface area contributed by atoms with E-state index in [0.717, 1.165) is 4.47 Å². The number of benzene rings is 2. The molecule has 0 N–H and O–H groups in total. The van der Waals surface area contributed by atoms with Crippen molar-refractivity contribution in [3.8, 4) is 0 Å². The lowest BCUT2D eigenvalue weighted by atomic mass is 10.2. The molecule has 0 saturated carbocycles. The maximum Gasteiger partial charge on any atom is 0.0522 e. The number of aromatic nitrogens is 1. The summed E-state index contributed by atoms with van der Waals surface area (Å²) in [6.45, 7) is 0. The van der Waals surface area contributed by atoms with Crippen LogP contribution in [0.15, 0.2) is 65.3 Å². The van der Waals surface area contributed by atoms with Gasteiger partial charge < -0.3 is 4.57 Å². The summed E-state index contributed by atoms with van der Waals surface area (Å²) < 4.78 is 3.24. The Hall–Kier alpha value is -1.80. The van der Waals surface area contributed by atoms with Gasteiger partial charge >= 0.3 is 0 Å². The fraction of sp³-hybridized carbons (Fsp3) is 0. The van der Waals surface area contributed by atoms with Crippen molar-refractivity contribution in [3.05, 3.63) is 70.8 Å². The second-order valence-electron chi connectivity index (χ2n) is 4.15.